The van der Waals surface area contributed by atoms with Crippen molar-refractivity contribution < 1.29 is 23.8 Å². The number of hydrogen-bond donors (Lipinski definition) is 3. The van der Waals surface area contributed by atoms with E-state index in [1.165, 1.54) is 12.1 Å². The number of halogens is 1. The van der Waals surface area contributed by atoms with Crippen molar-refractivity contribution in [1.29, 1.82) is 0 Å². The highest BCUT2D eigenvalue weighted by Gasteiger charge is 2.42. The maximum absolute atomic E-state index is 13.1. The summed E-state index contributed by atoms with van der Waals surface area (Å²) in [6.07, 6.45) is 2.43. The smallest absolute Gasteiger partial charge is 0.329 e. The standard InChI is InChI=1S/C16H18FN3O4/c17-10-3-4-11-12(7-10)19-13(18-11)8-24-9-14(21)20-16(15(22)23)5-1-2-6-16/h3-4,7H,1-2,5-6,8-9H2,(H,18,19)(H,20,21)(H,22,23). The molecule has 8 heteroatoms. The van der Waals surface area contributed by atoms with Gasteiger partial charge in [-0.2, -0.15) is 0 Å². The molecule has 0 atom stereocenters. The number of hydrogen-bond acceptors (Lipinski definition) is 4. The second-order valence-corrected chi connectivity index (χ2v) is 5.98. The Morgan fingerprint density at radius 3 is 2.83 bits per heavy atom. The Kier molecular flexibility index (Phi) is 4.48. The van der Waals surface area contributed by atoms with Crippen LogP contribution < -0.4 is 5.32 Å². The molecule has 2 aromatic rings. The van der Waals surface area contributed by atoms with Gasteiger partial charge in [-0.25, -0.2) is 14.2 Å². The Morgan fingerprint density at radius 1 is 1.38 bits per heavy atom. The molecule has 0 unspecified atom stereocenters. The van der Waals surface area contributed by atoms with Crippen molar-refractivity contribution in [2.75, 3.05) is 6.61 Å². The predicted octanol–water partition coefficient (Wildman–Crippen LogP) is 1.73. The van der Waals surface area contributed by atoms with Gasteiger partial charge in [-0.1, -0.05) is 12.8 Å². The molecule has 1 aliphatic rings. The molecular weight excluding hydrogens is 317 g/mol. The average molecular weight is 335 g/mol. The van der Waals surface area contributed by atoms with Gasteiger partial charge in [0.15, 0.2) is 0 Å². The second kappa shape index (κ2) is 6.56. The number of imidazole rings is 1. The minimum atomic E-state index is -1.17. The van der Waals surface area contributed by atoms with Crippen molar-refractivity contribution in [3.8, 4) is 0 Å². The fraction of sp³-hybridized carbons (Fsp3) is 0.438. The first-order chi connectivity index (χ1) is 11.5. The van der Waals surface area contributed by atoms with Crippen LogP contribution in [0.25, 0.3) is 11.0 Å². The van der Waals surface area contributed by atoms with Gasteiger partial charge in [-0.3, -0.25) is 4.79 Å². The van der Waals surface area contributed by atoms with Gasteiger partial charge in [0, 0.05) is 0 Å². The average Bonchev–Trinajstić information content (AvgIpc) is 3.14. The quantitative estimate of drug-likeness (QED) is 0.746. The Morgan fingerprint density at radius 2 is 2.12 bits per heavy atom. The number of nitrogens with zero attached hydrogens (tertiary/aromatic N) is 1. The second-order valence-electron chi connectivity index (χ2n) is 5.98. The van der Waals surface area contributed by atoms with Crippen molar-refractivity contribution >= 4 is 22.9 Å². The summed E-state index contributed by atoms with van der Waals surface area (Å²) in [5.41, 5.74) is -0.0128. The Hall–Kier alpha value is -2.48. The Balaban J connectivity index is 1.53. The van der Waals surface area contributed by atoms with Crippen LogP contribution >= 0.6 is 0 Å². The zero-order valence-corrected chi connectivity index (χ0v) is 13.0. The summed E-state index contributed by atoms with van der Waals surface area (Å²) in [4.78, 5) is 30.4. The SMILES string of the molecule is O=C(COCc1nc2ccc(F)cc2[nH]1)NC1(C(=O)O)CCCC1. The summed E-state index contributed by atoms with van der Waals surface area (Å²) in [6.45, 7) is -0.218. The van der Waals surface area contributed by atoms with Crippen LogP contribution in [0.15, 0.2) is 18.2 Å². The Bertz CT molecular complexity index is 768. The lowest BCUT2D eigenvalue weighted by Crippen LogP contribution is -2.53. The third-order valence-electron chi connectivity index (χ3n) is 4.21. The first-order valence-electron chi connectivity index (χ1n) is 7.75. The largest absolute Gasteiger partial charge is 0.480 e. The number of nitrogens with one attached hydrogen (secondary N) is 2. The van der Waals surface area contributed by atoms with E-state index < -0.39 is 17.4 Å². The van der Waals surface area contributed by atoms with Crippen molar-refractivity contribution in [2.24, 2.45) is 0 Å². The lowest BCUT2D eigenvalue weighted by molar-refractivity contribution is -0.148. The van der Waals surface area contributed by atoms with E-state index in [9.17, 15) is 19.1 Å². The van der Waals surface area contributed by atoms with E-state index in [0.29, 0.717) is 29.7 Å². The van der Waals surface area contributed by atoms with E-state index in [-0.39, 0.29) is 19.0 Å². The van der Waals surface area contributed by atoms with Gasteiger partial charge in [0.2, 0.25) is 5.91 Å². The van der Waals surface area contributed by atoms with Crippen molar-refractivity contribution in [3.05, 3.63) is 29.8 Å². The minimum absolute atomic E-state index is 0.0454. The van der Waals surface area contributed by atoms with Gasteiger partial charge < -0.3 is 20.1 Å². The third-order valence-corrected chi connectivity index (χ3v) is 4.21. The molecule has 1 saturated carbocycles. The van der Waals surface area contributed by atoms with Gasteiger partial charge in [0.1, 0.15) is 30.4 Å². The van der Waals surface area contributed by atoms with Crippen molar-refractivity contribution in [2.45, 2.75) is 37.8 Å². The van der Waals surface area contributed by atoms with Crippen LogP contribution in [0.1, 0.15) is 31.5 Å². The molecule has 1 fully saturated rings. The highest BCUT2D eigenvalue weighted by atomic mass is 19.1. The van der Waals surface area contributed by atoms with Gasteiger partial charge in [-0.05, 0) is 31.0 Å². The lowest BCUT2D eigenvalue weighted by atomic mass is 9.98. The number of carboxylic acids is 1. The molecule has 24 heavy (non-hydrogen) atoms. The minimum Gasteiger partial charge on any atom is -0.480 e. The number of carboxylic acid groups (broad SMARTS) is 1. The molecule has 0 radical (unpaired) electrons. The molecule has 0 saturated heterocycles. The Labute approximate surface area is 137 Å². The van der Waals surface area contributed by atoms with Gasteiger partial charge >= 0.3 is 5.97 Å². The number of rotatable bonds is 6. The first-order valence-corrected chi connectivity index (χ1v) is 7.75. The summed E-state index contributed by atoms with van der Waals surface area (Å²) >= 11 is 0. The van der Waals surface area contributed by atoms with Crippen LogP contribution in [0.2, 0.25) is 0 Å². The highest BCUT2D eigenvalue weighted by Crippen LogP contribution is 2.29. The molecule has 1 amide bonds. The fourth-order valence-electron chi connectivity index (χ4n) is 3.02. The molecule has 3 N–H and O–H groups in total. The third kappa shape index (κ3) is 3.38. The normalized spacial score (nSPS) is 16.4. The van der Waals surface area contributed by atoms with Gasteiger partial charge in [-0.15, -0.1) is 0 Å². The molecule has 7 nitrogen and oxygen atoms in total. The van der Waals surface area contributed by atoms with Gasteiger partial charge in [0.25, 0.3) is 0 Å². The summed E-state index contributed by atoms with van der Waals surface area (Å²) in [5, 5.41) is 11.9. The number of amides is 1. The van der Waals surface area contributed by atoms with Gasteiger partial charge in [0.05, 0.1) is 11.0 Å². The number of H-pyrrole nitrogens is 1. The molecule has 0 aliphatic heterocycles. The van der Waals surface area contributed by atoms with E-state index in [1.54, 1.807) is 6.07 Å². The first kappa shape index (κ1) is 16.4. The summed E-state index contributed by atoms with van der Waals surface area (Å²) in [5.74, 6) is -1.38. The number of fused-ring (bicyclic) bond motifs is 1. The van der Waals surface area contributed by atoms with E-state index in [2.05, 4.69) is 15.3 Å². The van der Waals surface area contributed by atoms with E-state index in [4.69, 9.17) is 4.74 Å². The summed E-state index contributed by atoms with van der Waals surface area (Å²) in [6, 6.07) is 4.19. The molecule has 1 heterocycles. The zero-order valence-electron chi connectivity index (χ0n) is 13.0. The summed E-state index contributed by atoms with van der Waals surface area (Å²) in [7, 11) is 0. The molecule has 0 spiro atoms. The van der Waals surface area contributed by atoms with Crippen LogP contribution in [-0.2, 0) is 20.9 Å². The number of aromatic nitrogens is 2. The molecule has 1 aromatic carbocycles. The molecule has 0 bridgehead atoms. The number of aromatic amines is 1. The molecule has 1 aromatic heterocycles. The van der Waals surface area contributed by atoms with E-state index in [1.807, 2.05) is 0 Å². The fourth-order valence-corrected chi connectivity index (χ4v) is 3.02. The monoisotopic (exact) mass is 335 g/mol. The number of ether oxygens (including phenoxy) is 1. The topological polar surface area (TPSA) is 104 Å². The van der Waals surface area contributed by atoms with Crippen LogP contribution in [0.5, 0.6) is 0 Å². The van der Waals surface area contributed by atoms with E-state index >= 15 is 0 Å². The zero-order chi connectivity index (χ0) is 17.2. The van der Waals surface area contributed by atoms with Crippen LogP contribution in [0.3, 0.4) is 0 Å². The number of aliphatic carboxylic acids is 1. The molecule has 1 aliphatic carbocycles. The number of benzene rings is 1. The van der Waals surface area contributed by atoms with Crippen LogP contribution in [0.4, 0.5) is 4.39 Å². The highest BCUT2D eigenvalue weighted by molar-refractivity contribution is 5.87. The van der Waals surface area contributed by atoms with Crippen LogP contribution in [-0.4, -0.2) is 39.1 Å². The molecular formula is C16H18FN3O4. The van der Waals surface area contributed by atoms with Crippen molar-refractivity contribution in [3.63, 3.8) is 0 Å². The lowest BCUT2D eigenvalue weighted by Gasteiger charge is -2.25. The molecule has 3 rings (SSSR count). The number of carbonyl (C=O) groups is 2. The molecule has 128 valence electrons. The maximum atomic E-state index is 13.1. The van der Waals surface area contributed by atoms with E-state index in [0.717, 1.165) is 12.8 Å². The predicted molar refractivity (Wildman–Crippen MR) is 82.7 cm³/mol. The number of carbonyl (C=O) groups excluding carboxylic acids is 1. The van der Waals surface area contributed by atoms with Crippen LogP contribution in [0, 0.1) is 5.82 Å². The summed E-state index contributed by atoms with van der Waals surface area (Å²) < 4.78 is 18.4. The van der Waals surface area contributed by atoms with Crippen molar-refractivity contribution in [1.82, 2.24) is 15.3 Å². The maximum Gasteiger partial charge on any atom is 0.329 e.